The fourth-order valence-electron chi connectivity index (χ4n) is 1.96. The SMILES string of the molecule is CC1(C)CC(Nc2ccsc2)C1. The molecule has 1 aliphatic carbocycles. The number of anilines is 1. The van der Waals surface area contributed by atoms with Crippen molar-refractivity contribution in [2.75, 3.05) is 5.32 Å². The van der Waals surface area contributed by atoms with Crippen molar-refractivity contribution in [2.45, 2.75) is 32.7 Å². The molecule has 1 heterocycles. The van der Waals surface area contributed by atoms with Gasteiger partial charge in [-0.05, 0) is 29.7 Å². The lowest BCUT2D eigenvalue weighted by atomic mass is 9.68. The molecule has 0 aliphatic heterocycles. The van der Waals surface area contributed by atoms with Gasteiger partial charge >= 0.3 is 0 Å². The van der Waals surface area contributed by atoms with Crippen molar-refractivity contribution < 1.29 is 0 Å². The molecule has 2 rings (SSSR count). The van der Waals surface area contributed by atoms with Gasteiger partial charge in [0.05, 0.1) is 0 Å². The zero-order valence-electron chi connectivity index (χ0n) is 7.63. The summed E-state index contributed by atoms with van der Waals surface area (Å²) in [4.78, 5) is 0. The minimum atomic E-state index is 0.577. The molecular weight excluding hydrogens is 166 g/mol. The van der Waals surface area contributed by atoms with E-state index in [0.29, 0.717) is 5.41 Å². The molecule has 2 heteroatoms. The maximum atomic E-state index is 3.52. The Labute approximate surface area is 77.8 Å². The molecule has 0 bridgehead atoms. The van der Waals surface area contributed by atoms with E-state index in [4.69, 9.17) is 0 Å². The minimum absolute atomic E-state index is 0.577. The highest BCUT2D eigenvalue weighted by Crippen LogP contribution is 2.41. The van der Waals surface area contributed by atoms with Crippen molar-refractivity contribution in [2.24, 2.45) is 5.41 Å². The highest BCUT2D eigenvalue weighted by atomic mass is 32.1. The van der Waals surface area contributed by atoms with E-state index in [2.05, 4.69) is 36.0 Å². The largest absolute Gasteiger partial charge is 0.382 e. The van der Waals surface area contributed by atoms with Gasteiger partial charge in [0.1, 0.15) is 0 Å². The van der Waals surface area contributed by atoms with Gasteiger partial charge in [-0.3, -0.25) is 0 Å². The van der Waals surface area contributed by atoms with Gasteiger partial charge in [0, 0.05) is 17.1 Å². The first-order chi connectivity index (χ1) is 5.66. The molecule has 1 N–H and O–H groups in total. The summed E-state index contributed by atoms with van der Waals surface area (Å²) in [6.45, 7) is 4.66. The summed E-state index contributed by atoms with van der Waals surface area (Å²) < 4.78 is 0. The van der Waals surface area contributed by atoms with Crippen LogP contribution in [-0.2, 0) is 0 Å². The van der Waals surface area contributed by atoms with Crippen LogP contribution in [0, 0.1) is 5.41 Å². The molecule has 12 heavy (non-hydrogen) atoms. The smallest absolute Gasteiger partial charge is 0.0450 e. The topological polar surface area (TPSA) is 12.0 Å². The van der Waals surface area contributed by atoms with Crippen molar-refractivity contribution >= 4 is 17.0 Å². The Hall–Kier alpha value is -0.500. The molecular formula is C10H15NS. The first kappa shape index (κ1) is 8.11. The Morgan fingerprint density at radius 2 is 2.25 bits per heavy atom. The maximum absolute atomic E-state index is 3.52. The van der Waals surface area contributed by atoms with Crippen LogP contribution in [0.2, 0.25) is 0 Å². The van der Waals surface area contributed by atoms with Crippen molar-refractivity contribution in [3.63, 3.8) is 0 Å². The third kappa shape index (κ3) is 1.63. The van der Waals surface area contributed by atoms with E-state index in [0.717, 1.165) is 6.04 Å². The van der Waals surface area contributed by atoms with E-state index in [1.165, 1.54) is 18.5 Å². The van der Waals surface area contributed by atoms with Crippen LogP contribution in [0.4, 0.5) is 5.69 Å². The molecule has 0 radical (unpaired) electrons. The molecule has 0 saturated heterocycles. The van der Waals surface area contributed by atoms with E-state index >= 15 is 0 Å². The Balaban J connectivity index is 1.84. The van der Waals surface area contributed by atoms with Gasteiger partial charge < -0.3 is 5.32 Å². The van der Waals surface area contributed by atoms with Gasteiger partial charge in [0.25, 0.3) is 0 Å². The van der Waals surface area contributed by atoms with Crippen LogP contribution in [0.1, 0.15) is 26.7 Å². The Kier molecular flexibility index (Phi) is 1.87. The second kappa shape index (κ2) is 2.77. The molecule has 0 unspecified atom stereocenters. The van der Waals surface area contributed by atoms with Crippen LogP contribution >= 0.6 is 11.3 Å². The first-order valence-electron chi connectivity index (χ1n) is 4.44. The fraction of sp³-hybridized carbons (Fsp3) is 0.600. The van der Waals surface area contributed by atoms with Crippen LogP contribution in [0.3, 0.4) is 0 Å². The second-order valence-corrected chi connectivity index (χ2v) is 5.21. The van der Waals surface area contributed by atoms with Gasteiger partial charge in [-0.15, -0.1) is 0 Å². The van der Waals surface area contributed by atoms with Crippen molar-refractivity contribution in [1.29, 1.82) is 0 Å². The lowest BCUT2D eigenvalue weighted by Crippen LogP contribution is -2.41. The average molecular weight is 181 g/mol. The molecule has 1 fully saturated rings. The van der Waals surface area contributed by atoms with E-state index in [-0.39, 0.29) is 0 Å². The molecule has 0 aromatic carbocycles. The Morgan fingerprint density at radius 3 is 2.75 bits per heavy atom. The molecule has 66 valence electrons. The molecule has 0 amide bonds. The molecule has 0 atom stereocenters. The van der Waals surface area contributed by atoms with Crippen LogP contribution in [0.25, 0.3) is 0 Å². The number of nitrogens with one attached hydrogen (secondary N) is 1. The van der Waals surface area contributed by atoms with Crippen molar-refractivity contribution in [1.82, 2.24) is 0 Å². The highest BCUT2D eigenvalue weighted by Gasteiger charge is 2.35. The Morgan fingerprint density at radius 1 is 1.50 bits per heavy atom. The third-order valence-electron chi connectivity index (χ3n) is 2.49. The standard InChI is InChI=1S/C10H15NS/c1-10(2)5-9(6-10)11-8-3-4-12-7-8/h3-4,7,9,11H,5-6H2,1-2H3. The first-order valence-corrected chi connectivity index (χ1v) is 5.39. The predicted molar refractivity (Wildman–Crippen MR) is 54.7 cm³/mol. The van der Waals surface area contributed by atoms with Crippen molar-refractivity contribution in [3.8, 4) is 0 Å². The fourth-order valence-corrected chi connectivity index (χ4v) is 2.56. The summed E-state index contributed by atoms with van der Waals surface area (Å²) in [5, 5.41) is 7.81. The van der Waals surface area contributed by atoms with Gasteiger partial charge in [0.15, 0.2) is 0 Å². The van der Waals surface area contributed by atoms with E-state index in [1.807, 2.05) is 0 Å². The number of thiophene rings is 1. The molecule has 1 aromatic rings. The summed E-state index contributed by atoms with van der Waals surface area (Å²) >= 11 is 1.75. The van der Waals surface area contributed by atoms with E-state index in [1.54, 1.807) is 11.3 Å². The summed E-state index contributed by atoms with van der Waals surface area (Å²) in [5.41, 5.74) is 1.87. The number of hydrogen-bond acceptors (Lipinski definition) is 2. The summed E-state index contributed by atoms with van der Waals surface area (Å²) in [7, 11) is 0. The summed E-state index contributed by atoms with van der Waals surface area (Å²) in [6.07, 6.45) is 2.62. The lowest BCUT2D eigenvalue weighted by Gasteiger charge is -2.43. The quantitative estimate of drug-likeness (QED) is 0.737. The minimum Gasteiger partial charge on any atom is -0.382 e. The molecule has 1 nitrogen and oxygen atoms in total. The molecule has 1 saturated carbocycles. The van der Waals surface area contributed by atoms with Crippen LogP contribution in [0.15, 0.2) is 16.8 Å². The molecule has 1 aliphatic rings. The second-order valence-electron chi connectivity index (χ2n) is 4.43. The van der Waals surface area contributed by atoms with Crippen LogP contribution < -0.4 is 5.32 Å². The van der Waals surface area contributed by atoms with Crippen LogP contribution in [0.5, 0.6) is 0 Å². The predicted octanol–water partition coefficient (Wildman–Crippen LogP) is 3.35. The van der Waals surface area contributed by atoms with E-state index in [9.17, 15) is 0 Å². The zero-order valence-corrected chi connectivity index (χ0v) is 8.45. The zero-order chi connectivity index (χ0) is 8.60. The molecule has 0 spiro atoms. The lowest BCUT2D eigenvalue weighted by molar-refractivity contribution is 0.167. The summed E-state index contributed by atoms with van der Waals surface area (Å²) in [5.74, 6) is 0. The highest BCUT2D eigenvalue weighted by molar-refractivity contribution is 7.08. The maximum Gasteiger partial charge on any atom is 0.0450 e. The normalized spacial score (nSPS) is 21.8. The van der Waals surface area contributed by atoms with Gasteiger partial charge in [-0.2, -0.15) is 11.3 Å². The molecule has 1 aromatic heterocycles. The van der Waals surface area contributed by atoms with Gasteiger partial charge in [-0.1, -0.05) is 13.8 Å². The van der Waals surface area contributed by atoms with Gasteiger partial charge in [-0.25, -0.2) is 0 Å². The summed E-state index contributed by atoms with van der Waals surface area (Å²) in [6, 6.07) is 2.87. The van der Waals surface area contributed by atoms with E-state index < -0.39 is 0 Å². The average Bonchev–Trinajstić information content (AvgIpc) is 2.35. The van der Waals surface area contributed by atoms with Crippen molar-refractivity contribution in [3.05, 3.63) is 16.8 Å². The monoisotopic (exact) mass is 181 g/mol. The number of rotatable bonds is 2. The third-order valence-corrected chi connectivity index (χ3v) is 3.17. The Bertz CT molecular complexity index is 243. The number of hydrogen-bond donors (Lipinski definition) is 1. The van der Waals surface area contributed by atoms with Crippen LogP contribution in [-0.4, -0.2) is 6.04 Å². The van der Waals surface area contributed by atoms with Gasteiger partial charge in [0.2, 0.25) is 0 Å².